The fourth-order valence-electron chi connectivity index (χ4n) is 4.29. The van der Waals surface area contributed by atoms with Gasteiger partial charge in [-0.05, 0) is 43.9 Å². The van der Waals surface area contributed by atoms with Gasteiger partial charge in [-0.15, -0.1) is 12.4 Å². The summed E-state index contributed by atoms with van der Waals surface area (Å²) in [5.74, 6) is 1.91. The van der Waals surface area contributed by atoms with Gasteiger partial charge in [0, 0.05) is 31.6 Å². The Kier molecular flexibility index (Phi) is 5.74. The van der Waals surface area contributed by atoms with E-state index in [4.69, 9.17) is 0 Å². The zero-order chi connectivity index (χ0) is 13.2. The van der Waals surface area contributed by atoms with E-state index in [1.54, 1.807) is 0 Å². The molecule has 1 N–H and O–H groups in total. The van der Waals surface area contributed by atoms with E-state index in [9.17, 15) is 4.79 Å². The monoisotopic (exact) mass is 300 g/mol. The van der Waals surface area contributed by atoms with Crippen LogP contribution in [0.3, 0.4) is 0 Å². The second-order valence-corrected chi connectivity index (χ2v) is 7.11. The summed E-state index contributed by atoms with van der Waals surface area (Å²) in [6, 6.07) is 1.25. The summed E-state index contributed by atoms with van der Waals surface area (Å²) in [6.07, 6.45) is 9.76. The smallest absolute Gasteiger partial charge is 0.222 e. The van der Waals surface area contributed by atoms with Gasteiger partial charge in [0.05, 0.1) is 0 Å². The number of nitrogens with zero attached hydrogens (tertiary/aromatic N) is 1. The third-order valence-electron chi connectivity index (χ3n) is 5.38. The number of halogens is 1. The first-order valence-corrected chi connectivity index (χ1v) is 8.24. The average Bonchev–Trinajstić information content (AvgIpc) is 2.68. The van der Waals surface area contributed by atoms with E-state index in [2.05, 4.69) is 17.1 Å². The molecule has 1 saturated carbocycles. The SMILES string of the molecule is CC1CCCC(CC(=O)N2CCC3CCC(C2)N3)C1.Cl. The maximum absolute atomic E-state index is 12.5. The number of rotatable bonds is 2. The lowest BCUT2D eigenvalue weighted by molar-refractivity contribution is -0.132. The van der Waals surface area contributed by atoms with Crippen molar-refractivity contribution in [1.29, 1.82) is 0 Å². The van der Waals surface area contributed by atoms with E-state index in [1.807, 2.05) is 0 Å². The Hall–Kier alpha value is -0.280. The van der Waals surface area contributed by atoms with Crippen molar-refractivity contribution in [2.24, 2.45) is 11.8 Å². The van der Waals surface area contributed by atoms with E-state index < -0.39 is 0 Å². The molecule has 1 amide bonds. The van der Waals surface area contributed by atoms with Crippen LogP contribution in [0.25, 0.3) is 0 Å². The van der Waals surface area contributed by atoms with Gasteiger partial charge in [-0.2, -0.15) is 0 Å². The molecule has 3 aliphatic rings. The first-order valence-electron chi connectivity index (χ1n) is 8.24. The predicted molar refractivity (Wildman–Crippen MR) is 84.1 cm³/mol. The summed E-state index contributed by atoms with van der Waals surface area (Å²) in [4.78, 5) is 14.6. The van der Waals surface area contributed by atoms with Crippen molar-refractivity contribution in [2.45, 2.75) is 70.4 Å². The maximum atomic E-state index is 12.5. The molecule has 2 bridgehead atoms. The molecule has 3 nitrogen and oxygen atoms in total. The molecule has 4 heteroatoms. The van der Waals surface area contributed by atoms with Crippen LogP contribution in [0.2, 0.25) is 0 Å². The second-order valence-electron chi connectivity index (χ2n) is 7.11. The number of fused-ring (bicyclic) bond motifs is 2. The van der Waals surface area contributed by atoms with Crippen molar-refractivity contribution in [3.05, 3.63) is 0 Å². The number of hydrogen-bond donors (Lipinski definition) is 1. The molecule has 3 fully saturated rings. The highest BCUT2D eigenvalue weighted by Crippen LogP contribution is 2.31. The van der Waals surface area contributed by atoms with E-state index in [0.717, 1.165) is 31.8 Å². The molecule has 2 saturated heterocycles. The number of amides is 1. The lowest BCUT2D eigenvalue weighted by Gasteiger charge is -2.30. The number of carbonyl (C=O) groups excluding carboxylic acids is 1. The van der Waals surface area contributed by atoms with Crippen molar-refractivity contribution >= 4 is 18.3 Å². The molecular formula is C16H29ClN2O. The summed E-state index contributed by atoms with van der Waals surface area (Å²) >= 11 is 0. The quantitative estimate of drug-likeness (QED) is 0.850. The average molecular weight is 301 g/mol. The number of hydrogen-bond acceptors (Lipinski definition) is 2. The van der Waals surface area contributed by atoms with Crippen LogP contribution in [0.15, 0.2) is 0 Å². The van der Waals surface area contributed by atoms with Crippen molar-refractivity contribution in [3.63, 3.8) is 0 Å². The van der Waals surface area contributed by atoms with Crippen LogP contribution in [0.1, 0.15) is 58.3 Å². The molecule has 0 aromatic carbocycles. The van der Waals surface area contributed by atoms with Gasteiger partial charge in [0.1, 0.15) is 0 Å². The zero-order valence-electron chi connectivity index (χ0n) is 12.6. The molecule has 2 aliphatic heterocycles. The Labute approximate surface area is 129 Å². The number of likely N-dealkylation sites (tertiary alicyclic amines) is 1. The third kappa shape index (κ3) is 3.88. The molecule has 0 radical (unpaired) electrons. The minimum Gasteiger partial charge on any atom is -0.341 e. The van der Waals surface area contributed by atoms with E-state index in [1.165, 1.54) is 38.5 Å². The van der Waals surface area contributed by atoms with Crippen LogP contribution in [0.5, 0.6) is 0 Å². The van der Waals surface area contributed by atoms with Gasteiger partial charge in [-0.1, -0.05) is 19.8 Å². The van der Waals surface area contributed by atoms with Gasteiger partial charge >= 0.3 is 0 Å². The molecular weight excluding hydrogens is 272 g/mol. The molecule has 0 aromatic rings. The third-order valence-corrected chi connectivity index (χ3v) is 5.38. The Morgan fingerprint density at radius 1 is 1.15 bits per heavy atom. The predicted octanol–water partition coefficient (Wildman–Crippen LogP) is 2.98. The zero-order valence-corrected chi connectivity index (χ0v) is 13.5. The van der Waals surface area contributed by atoms with Gasteiger partial charge in [0.15, 0.2) is 0 Å². The fourth-order valence-corrected chi connectivity index (χ4v) is 4.29. The molecule has 20 heavy (non-hydrogen) atoms. The van der Waals surface area contributed by atoms with Crippen LogP contribution < -0.4 is 5.32 Å². The lowest BCUT2D eigenvalue weighted by Crippen LogP contribution is -2.40. The Bertz CT molecular complexity index is 336. The highest BCUT2D eigenvalue weighted by atomic mass is 35.5. The minimum atomic E-state index is 0. The molecule has 3 rings (SSSR count). The van der Waals surface area contributed by atoms with Gasteiger partial charge in [0.2, 0.25) is 5.91 Å². The summed E-state index contributed by atoms with van der Waals surface area (Å²) in [7, 11) is 0. The Morgan fingerprint density at radius 2 is 1.95 bits per heavy atom. The maximum Gasteiger partial charge on any atom is 0.222 e. The van der Waals surface area contributed by atoms with Gasteiger partial charge < -0.3 is 10.2 Å². The van der Waals surface area contributed by atoms with Crippen LogP contribution >= 0.6 is 12.4 Å². The van der Waals surface area contributed by atoms with Gasteiger partial charge in [-0.25, -0.2) is 0 Å². The summed E-state index contributed by atoms with van der Waals surface area (Å²) in [6.45, 7) is 4.28. The summed E-state index contributed by atoms with van der Waals surface area (Å²) < 4.78 is 0. The molecule has 4 atom stereocenters. The normalized spacial score (nSPS) is 37.1. The molecule has 0 spiro atoms. The summed E-state index contributed by atoms with van der Waals surface area (Å²) in [5.41, 5.74) is 0. The van der Waals surface area contributed by atoms with Crippen molar-refractivity contribution in [1.82, 2.24) is 10.2 Å². The van der Waals surface area contributed by atoms with E-state index in [0.29, 0.717) is 23.9 Å². The molecule has 2 heterocycles. The van der Waals surface area contributed by atoms with Gasteiger partial charge in [-0.3, -0.25) is 4.79 Å². The molecule has 1 aliphatic carbocycles. The van der Waals surface area contributed by atoms with Crippen molar-refractivity contribution in [2.75, 3.05) is 13.1 Å². The lowest BCUT2D eigenvalue weighted by atomic mass is 9.80. The highest BCUT2D eigenvalue weighted by molar-refractivity contribution is 5.85. The topological polar surface area (TPSA) is 32.3 Å². The van der Waals surface area contributed by atoms with Crippen LogP contribution in [0, 0.1) is 11.8 Å². The van der Waals surface area contributed by atoms with E-state index >= 15 is 0 Å². The summed E-state index contributed by atoms with van der Waals surface area (Å²) in [5, 5.41) is 3.65. The highest BCUT2D eigenvalue weighted by Gasteiger charge is 2.32. The van der Waals surface area contributed by atoms with E-state index in [-0.39, 0.29) is 12.4 Å². The first-order chi connectivity index (χ1) is 9.20. The van der Waals surface area contributed by atoms with Crippen molar-refractivity contribution < 1.29 is 4.79 Å². The number of carbonyl (C=O) groups is 1. The van der Waals surface area contributed by atoms with Crippen LogP contribution in [0.4, 0.5) is 0 Å². The van der Waals surface area contributed by atoms with Crippen molar-refractivity contribution in [3.8, 4) is 0 Å². The van der Waals surface area contributed by atoms with Crippen LogP contribution in [-0.2, 0) is 4.79 Å². The second kappa shape index (κ2) is 7.13. The standard InChI is InChI=1S/C16H28N2O.ClH/c1-12-3-2-4-13(9-12)10-16(19)18-8-7-14-5-6-15(11-18)17-14;/h12-15,17H,2-11H2,1H3;1H. The van der Waals surface area contributed by atoms with Gasteiger partial charge in [0.25, 0.3) is 0 Å². The molecule has 4 unspecified atom stereocenters. The number of nitrogens with one attached hydrogen (secondary N) is 1. The minimum absolute atomic E-state index is 0. The Morgan fingerprint density at radius 3 is 2.75 bits per heavy atom. The largest absolute Gasteiger partial charge is 0.341 e. The molecule has 0 aromatic heterocycles. The Balaban J connectivity index is 0.00000147. The van der Waals surface area contributed by atoms with Crippen LogP contribution in [-0.4, -0.2) is 36.0 Å². The first kappa shape index (κ1) is 16.1. The fraction of sp³-hybridized carbons (Fsp3) is 0.938. The molecule has 116 valence electrons.